The Morgan fingerprint density at radius 1 is 0.543 bits per heavy atom. The number of anilines is 2. The Labute approximate surface area is 468 Å². The van der Waals surface area contributed by atoms with Crippen LogP contribution in [0.3, 0.4) is 0 Å². The maximum atomic E-state index is 13.0. The lowest BCUT2D eigenvalue weighted by Gasteiger charge is -2.23. The summed E-state index contributed by atoms with van der Waals surface area (Å²) in [6.45, 7) is 12.4. The van der Waals surface area contributed by atoms with Gasteiger partial charge in [-0.25, -0.2) is 0 Å². The second-order valence-electron chi connectivity index (χ2n) is 19.7. The van der Waals surface area contributed by atoms with E-state index in [0.29, 0.717) is 84.1 Å². The predicted molar refractivity (Wildman–Crippen MR) is 318 cm³/mol. The third-order valence-corrected chi connectivity index (χ3v) is 14.3. The number of ether oxygens (including phenoxy) is 1. The second-order valence-corrected chi connectivity index (χ2v) is 19.7. The van der Waals surface area contributed by atoms with Gasteiger partial charge < -0.3 is 38.9 Å². The normalized spacial score (nSPS) is 11.1. The van der Waals surface area contributed by atoms with Gasteiger partial charge in [-0.1, -0.05) is 18.2 Å². The number of carbonyl (C=O) groups excluding carboxylic acids is 4. The van der Waals surface area contributed by atoms with Crippen molar-refractivity contribution in [3.05, 3.63) is 212 Å². The molecule has 0 bridgehead atoms. The summed E-state index contributed by atoms with van der Waals surface area (Å²) in [6, 6.07) is 45.3. The van der Waals surface area contributed by atoms with Gasteiger partial charge in [0.1, 0.15) is 46.8 Å². The number of fused-ring (bicyclic) bond motifs is 4. The molecule has 0 saturated carbocycles. The molecule has 6 aromatic rings. The summed E-state index contributed by atoms with van der Waals surface area (Å²) in [5.41, 5.74) is 12.1. The van der Waals surface area contributed by atoms with E-state index in [1.54, 1.807) is 66.7 Å². The number of ketones is 1. The Balaban J connectivity index is 0.000000196. The molecule has 0 radical (unpaired) electrons. The summed E-state index contributed by atoms with van der Waals surface area (Å²) in [4.78, 5) is 76.1. The number of amides is 1. The molecule has 0 fully saturated rings. The summed E-state index contributed by atoms with van der Waals surface area (Å²) < 4.78 is 17.7. The number of hydrogen-bond donors (Lipinski definition) is 3. The number of aryl methyl sites for hydroxylation is 2. The lowest BCUT2D eigenvalue weighted by molar-refractivity contribution is 0.0939. The minimum Gasteiger partial charge on any atom is -0.508 e. The van der Waals surface area contributed by atoms with Crippen molar-refractivity contribution in [2.75, 3.05) is 55.7 Å². The average Bonchev–Trinajstić information content (AvgIpc) is 3.51. The van der Waals surface area contributed by atoms with Crippen molar-refractivity contribution in [3.8, 4) is 56.4 Å². The first kappa shape index (κ1) is 56.1. The van der Waals surface area contributed by atoms with Crippen LogP contribution < -0.4 is 26.0 Å². The van der Waals surface area contributed by atoms with Crippen LogP contribution in [0.4, 0.5) is 11.4 Å². The third kappa shape index (κ3) is 12.9. The maximum Gasteiger partial charge on any atom is 0.251 e. The first-order valence-electron chi connectivity index (χ1n) is 26.9. The molecule has 3 N–H and O–H groups in total. The molecular formula is C67H61N3O11. The highest BCUT2D eigenvalue weighted by Gasteiger charge is 2.22. The van der Waals surface area contributed by atoms with Crippen molar-refractivity contribution in [3.63, 3.8) is 0 Å². The van der Waals surface area contributed by atoms with Gasteiger partial charge in [-0.15, -0.1) is 0 Å². The highest BCUT2D eigenvalue weighted by Crippen LogP contribution is 2.43. The zero-order valence-electron chi connectivity index (χ0n) is 45.5. The number of aldehydes is 2. The molecule has 0 spiro atoms. The summed E-state index contributed by atoms with van der Waals surface area (Å²) >= 11 is 0. The third-order valence-electron chi connectivity index (χ3n) is 14.3. The fourth-order valence-electron chi connectivity index (χ4n) is 10.1. The molecule has 14 heteroatoms. The Morgan fingerprint density at radius 3 is 1.49 bits per heavy atom. The van der Waals surface area contributed by atoms with Gasteiger partial charge in [-0.2, -0.15) is 0 Å². The highest BCUT2D eigenvalue weighted by molar-refractivity contribution is 6.05. The monoisotopic (exact) mass is 1080 g/mol. The zero-order valence-corrected chi connectivity index (χ0v) is 45.5. The molecule has 2 aliphatic carbocycles. The summed E-state index contributed by atoms with van der Waals surface area (Å²) in [6.07, 6.45) is 2.65. The van der Waals surface area contributed by atoms with Crippen molar-refractivity contribution >= 4 is 57.6 Å². The smallest absolute Gasteiger partial charge is 0.251 e. The van der Waals surface area contributed by atoms with Crippen LogP contribution in [0.25, 0.3) is 66.8 Å². The Bertz CT molecular complexity index is 3980. The van der Waals surface area contributed by atoms with Crippen LogP contribution in [0.2, 0.25) is 0 Å². The molecule has 6 aromatic carbocycles. The predicted octanol–water partition coefficient (Wildman–Crippen LogP) is 12.5. The maximum absolute atomic E-state index is 13.0. The zero-order chi connectivity index (χ0) is 57.2. The van der Waals surface area contributed by atoms with Gasteiger partial charge in [0.2, 0.25) is 0 Å². The van der Waals surface area contributed by atoms with Gasteiger partial charge in [-0.05, 0) is 172 Å². The van der Waals surface area contributed by atoms with Gasteiger partial charge in [0.25, 0.3) is 5.91 Å². The van der Waals surface area contributed by atoms with Crippen molar-refractivity contribution in [2.24, 2.45) is 0 Å². The van der Waals surface area contributed by atoms with E-state index in [4.69, 9.17) is 13.6 Å². The number of nitrogens with zero attached hydrogens (tertiary/aromatic N) is 2. The van der Waals surface area contributed by atoms with Gasteiger partial charge in [-0.3, -0.25) is 28.8 Å². The van der Waals surface area contributed by atoms with Gasteiger partial charge >= 0.3 is 0 Å². The molecule has 0 unspecified atom stereocenters. The van der Waals surface area contributed by atoms with Gasteiger partial charge in [0.15, 0.2) is 16.6 Å². The number of Topliss-reactive ketones (excluding diaryl/α,β-unsaturated/α-hetero) is 1. The van der Waals surface area contributed by atoms with Crippen molar-refractivity contribution in [1.29, 1.82) is 0 Å². The quantitative estimate of drug-likeness (QED) is 0.0282. The lowest BCUT2D eigenvalue weighted by atomic mass is 9.89. The van der Waals surface area contributed by atoms with E-state index in [2.05, 4.69) is 22.0 Å². The lowest BCUT2D eigenvalue weighted by Crippen LogP contribution is -2.35. The number of phenols is 2. The first-order chi connectivity index (χ1) is 39.2. The van der Waals surface area contributed by atoms with Crippen LogP contribution >= 0.6 is 0 Å². The number of nitrogens with one attached hydrogen (secondary N) is 1. The Hall–Kier alpha value is -9.66. The number of phenolic OH excluding ortho intramolecular Hbond substituents is 2. The van der Waals surface area contributed by atoms with E-state index in [-0.39, 0.29) is 34.0 Å². The number of rotatable bonds is 20. The average molecular weight is 1080 g/mol. The van der Waals surface area contributed by atoms with Gasteiger partial charge in [0.05, 0.1) is 6.61 Å². The van der Waals surface area contributed by atoms with Crippen molar-refractivity contribution < 1.29 is 43.0 Å². The number of benzene rings is 8. The standard InChI is InChI=1S/C35H33NO6.C32H28N2O5/c1-3-36(26-9-6-24(22-37)7-10-26)16-18-41-17-4-5-32(40)25-8-13-29(23(2)19-25)35-30-14-11-27(38)20-33(30)42-34-21-28(39)12-15-31(34)35;1-3-34(23-7-4-21(19-35)5-8-23)15-14-33-32(38)22-6-11-26(20(2)16-22)31-27-12-9-24(36)17-29(27)39-30-18-25(37)10-13-28(30)31/h6-15,19-22,38H,3-5,16-18H2,1-2H3;4-13,16-19,36H,3,14-15H2,1-2H3,(H,33,38). The molecule has 0 aromatic heterocycles. The Morgan fingerprint density at radius 2 is 1.01 bits per heavy atom. The number of aromatic hydroxyl groups is 2. The molecule has 2 heterocycles. The van der Waals surface area contributed by atoms with Crippen LogP contribution in [0, 0.1) is 13.8 Å². The fraction of sp³-hybridized carbons (Fsp3) is 0.194. The van der Waals surface area contributed by atoms with Crippen molar-refractivity contribution in [1.82, 2.24) is 5.32 Å². The molecule has 2 aliphatic heterocycles. The van der Waals surface area contributed by atoms with E-state index in [0.717, 1.165) is 98.9 Å². The minimum absolute atomic E-state index is 0.0531. The summed E-state index contributed by atoms with van der Waals surface area (Å²) in [5, 5.41) is 24.6. The largest absolute Gasteiger partial charge is 0.508 e. The van der Waals surface area contributed by atoms with E-state index in [9.17, 15) is 39.0 Å². The van der Waals surface area contributed by atoms with Crippen LogP contribution in [-0.2, 0) is 4.74 Å². The summed E-state index contributed by atoms with van der Waals surface area (Å²) in [7, 11) is 0. The molecule has 10 rings (SSSR count). The number of carbonyl (C=O) groups is 4. The van der Waals surface area contributed by atoms with Crippen LogP contribution in [0.5, 0.6) is 11.5 Å². The van der Waals surface area contributed by atoms with E-state index in [1.165, 1.54) is 36.4 Å². The van der Waals surface area contributed by atoms with E-state index < -0.39 is 0 Å². The topological polar surface area (TPSA) is 197 Å². The molecular weight excluding hydrogens is 1020 g/mol. The van der Waals surface area contributed by atoms with Crippen LogP contribution in [0.1, 0.15) is 79.2 Å². The van der Waals surface area contributed by atoms with Gasteiger partial charge in [0, 0.05) is 137 Å². The molecule has 410 valence electrons. The molecule has 0 saturated heterocycles. The first-order valence-corrected chi connectivity index (χ1v) is 26.9. The second kappa shape index (κ2) is 25.4. The van der Waals surface area contributed by atoms with Crippen molar-refractivity contribution in [2.45, 2.75) is 40.5 Å². The number of hydrogen-bond acceptors (Lipinski definition) is 13. The SMILES string of the molecule is CCN(CCNC(=O)c1ccc(-c2c3ccc(=O)cc-3oc3cc(O)ccc23)c(C)c1)c1ccc(C=O)cc1.CCN(CCOCCCC(=O)c1ccc(-c2c3ccc(=O)cc-3oc3cc(O)ccc23)c(C)c1)c1ccc(C=O)cc1. The molecule has 1 amide bonds. The number of likely N-dealkylation sites (N-methyl/N-ethyl adjacent to an activating group) is 2. The Kier molecular flexibility index (Phi) is 17.6. The van der Waals surface area contributed by atoms with Crippen LogP contribution in [0.15, 0.2) is 176 Å². The highest BCUT2D eigenvalue weighted by atomic mass is 16.5. The fourth-order valence-corrected chi connectivity index (χ4v) is 10.1. The summed E-state index contributed by atoms with van der Waals surface area (Å²) in [5.74, 6) is 0.891. The van der Waals surface area contributed by atoms with E-state index in [1.807, 2.05) is 75.4 Å². The minimum atomic E-state index is -0.171. The van der Waals surface area contributed by atoms with E-state index >= 15 is 0 Å². The molecule has 4 aliphatic rings. The molecule has 0 atom stereocenters. The molecule has 81 heavy (non-hydrogen) atoms. The van der Waals surface area contributed by atoms with Crippen LogP contribution in [-0.4, -0.2) is 80.4 Å². The molecule has 14 nitrogen and oxygen atoms in total.